The number of pyridine rings is 1. The summed E-state index contributed by atoms with van der Waals surface area (Å²) in [5.74, 6) is -0.928. The maximum absolute atomic E-state index is 12.2. The number of aromatic nitrogens is 1. The van der Waals surface area contributed by atoms with E-state index in [0.717, 1.165) is 37.8 Å². The van der Waals surface area contributed by atoms with Crippen molar-refractivity contribution in [2.75, 3.05) is 0 Å². The van der Waals surface area contributed by atoms with E-state index in [9.17, 15) is 9.59 Å². The molecule has 4 nitrogen and oxygen atoms in total. The highest BCUT2D eigenvalue weighted by atomic mass is 16.4. The minimum atomic E-state index is -0.928. The van der Waals surface area contributed by atoms with E-state index in [1.165, 1.54) is 5.56 Å². The molecule has 0 aromatic carbocycles. The summed E-state index contributed by atoms with van der Waals surface area (Å²) in [5, 5.41) is 8.84. The molecule has 0 spiro atoms. The van der Waals surface area contributed by atoms with Crippen LogP contribution in [0.4, 0.5) is 0 Å². The average Bonchev–Trinajstić information content (AvgIpc) is 2.98. The molecule has 1 aromatic heterocycles. The van der Waals surface area contributed by atoms with Gasteiger partial charge in [0.15, 0.2) is 0 Å². The number of hydrogen-bond donors (Lipinski definition) is 1. The number of carboxylic acids is 1. The molecule has 17 heavy (non-hydrogen) atoms. The number of fused-ring (bicyclic) bond motifs is 1. The molecule has 0 amide bonds. The first-order valence-corrected chi connectivity index (χ1v) is 6.15. The van der Waals surface area contributed by atoms with E-state index < -0.39 is 5.97 Å². The maximum Gasteiger partial charge on any atom is 0.308 e. The molecule has 1 fully saturated rings. The molecule has 1 N–H and O–H groups in total. The standard InChI is InChI=1S/C13H15NO3/c15-12(16)7-9-6-8-2-1-3-11(8)14(13(9)17)10-4-5-10/h6,10H,1-5,7H2,(H,15,16). The molecule has 1 heterocycles. The second-order valence-corrected chi connectivity index (χ2v) is 4.97. The lowest BCUT2D eigenvalue weighted by molar-refractivity contribution is -0.136. The van der Waals surface area contributed by atoms with Crippen LogP contribution in [-0.4, -0.2) is 15.6 Å². The van der Waals surface area contributed by atoms with E-state index in [0.29, 0.717) is 11.6 Å². The van der Waals surface area contributed by atoms with Crippen LogP contribution in [0.2, 0.25) is 0 Å². The van der Waals surface area contributed by atoms with Crippen LogP contribution in [0.15, 0.2) is 10.9 Å². The first-order chi connectivity index (χ1) is 8.16. The van der Waals surface area contributed by atoms with Gasteiger partial charge >= 0.3 is 5.97 Å². The Labute approximate surface area is 98.9 Å². The number of aliphatic carboxylic acids is 1. The van der Waals surface area contributed by atoms with Crippen LogP contribution in [-0.2, 0) is 24.1 Å². The molecular formula is C13H15NO3. The molecule has 90 valence electrons. The Morgan fingerprint density at radius 2 is 2.18 bits per heavy atom. The van der Waals surface area contributed by atoms with Crippen molar-refractivity contribution in [2.24, 2.45) is 0 Å². The molecule has 0 atom stereocenters. The lowest BCUT2D eigenvalue weighted by atomic mass is 10.1. The third-order valence-electron chi connectivity index (χ3n) is 3.62. The summed E-state index contributed by atoms with van der Waals surface area (Å²) < 4.78 is 1.88. The number of hydrogen-bond acceptors (Lipinski definition) is 2. The van der Waals surface area contributed by atoms with Crippen LogP contribution in [0.25, 0.3) is 0 Å². The fourth-order valence-electron chi connectivity index (χ4n) is 2.74. The van der Waals surface area contributed by atoms with E-state index in [1.807, 2.05) is 10.6 Å². The van der Waals surface area contributed by atoms with Crippen molar-refractivity contribution < 1.29 is 9.90 Å². The third-order valence-corrected chi connectivity index (χ3v) is 3.62. The van der Waals surface area contributed by atoms with Crippen LogP contribution in [0.5, 0.6) is 0 Å². The van der Waals surface area contributed by atoms with Gasteiger partial charge in [-0.05, 0) is 43.7 Å². The minimum Gasteiger partial charge on any atom is -0.481 e. The van der Waals surface area contributed by atoms with Crippen molar-refractivity contribution in [1.82, 2.24) is 4.57 Å². The van der Waals surface area contributed by atoms with Crippen molar-refractivity contribution in [3.63, 3.8) is 0 Å². The summed E-state index contributed by atoms with van der Waals surface area (Å²) in [6.45, 7) is 0. The van der Waals surface area contributed by atoms with Crippen LogP contribution in [0, 0.1) is 0 Å². The number of nitrogens with zero attached hydrogens (tertiary/aromatic N) is 1. The van der Waals surface area contributed by atoms with Crippen molar-refractivity contribution in [1.29, 1.82) is 0 Å². The Morgan fingerprint density at radius 3 is 2.82 bits per heavy atom. The van der Waals surface area contributed by atoms with Gasteiger partial charge in [-0.1, -0.05) is 0 Å². The Morgan fingerprint density at radius 1 is 1.41 bits per heavy atom. The predicted octanol–water partition coefficient (Wildman–Crippen LogP) is 1.30. The summed E-state index contributed by atoms with van der Waals surface area (Å²) in [4.78, 5) is 23.0. The number of rotatable bonds is 3. The summed E-state index contributed by atoms with van der Waals surface area (Å²) in [5.41, 5.74) is 2.72. The van der Waals surface area contributed by atoms with Crippen LogP contribution >= 0.6 is 0 Å². The quantitative estimate of drug-likeness (QED) is 0.856. The third kappa shape index (κ3) is 1.77. The molecule has 1 saturated carbocycles. The molecule has 2 aliphatic rings. The van der Waals surface area contributed by atoms with Crippen LogP contribution < -0.4 is 5.56 Å². The smallest absolute Gasteiger partial charge is 0.308 e. The average molecular weight is 233 g/mol. The van der Waals surface area contributed by atoms with Crippen LogP contribution in [0.3, 0.4) is 0 Å². The molecule has 0 radical (unpaired) electrons. The Balaban J connectivity index is 2.15. The summed E-state index contributed by atoms with van der Waals surface area (Å²) in [6, 6.07) is 2.15. The largest absolute Gasteiger partial charge is 0.481 e. The number of carboxylic acid groups (broad SMARTS) is 1. The van der Waals surface area contributed by atoms with Gasteiger partial charge in [0.05, 0.1) is 6.42 Å². The highest BCUT2D eigenvalue weighted by Crippen LogP contribution is 2.37. The van der Waals surface area contributed by atoms with Gasteiger partial charge in [-0.2, -0.15) is 0 Å². The van der Waals surface area contributed by atoms with E-state index in [1.54, 1.807) is 0 Å². The molecule has 0 saturated heterocycles. The Hall–Kier alpha value is -1.58. The van der Waals surface area contributed by atoms with Crippen molar-refractivity contribution >= 4 is 5.97 Å². The van der Waals surface area contributed by atoms with Gasteiger partial charge in [0.25, 0.3) is 5.56 Å². The molecule has 0 unspecified atom stereocenters. The van der Waals surface area contributed by atoms with Gasteiger partial charge in [0.2, 0.25) is 0 Å². The van der Waals surface area contributed by atoms with Gasteiger partial charge < -0.3 is 9.67 Å². The second-order valence-electron chi connectivity index (χ2n) is 4.97. The molecule has 3 rings (SSSR count). The number of aryl methyl sites for hydroxylation is 1. The van der Waals surface area contributed by atoms with Crippen LogP contribution in [0.1, 0.15) is 42.1 Å². The fraction of sp³-hybridized carbons (Fsp3) is 0.538. The predicted molar refractivity (Wildman–Crippen MR) is 62.3 cm³/mol. The van der Waals surface area contributed by atoms with Gasteiger partial charge in [0, 0.05) is 17.3 Å². The zero-order chi connectivity index (χ0) is 12.0. The summed E-state index contributed by atoms with van der Waals surface area (Å²) in [6.07, 6.45) is 4.99. The normalized spacial score (nSPS) is 18.1. The van der Waals surface area contributed by atoms with Crippen molar-refractivity contribution in [3.8, 4) is 0 Å². The lowest BCUT2D eigenvalue weighted by Crippen LogP contribution is -2.27. The fourth-order valence-corrected chi connectivity index (χ4v) is 2.74. The van der Waals surface area contributed by atoms with Crippen molar-refractivity contribution in [3.05, 3.63) is 33.2 Å². The molecular weight excluding hydrogens is 218 g/mol. The molecule has 0 aliphatic heterocycles. The number of carbonyl (C=O) groups is 1. The molecule has 0 bridgehead atoms. The Kier molecular flexibility index (Phi) is 2.31. The Bertz CT molecular complexity index is 540. The second kappa shape index (κ2) is 3.72. The first-order valence-electron chi connectivity index (χ1n) is 6.15. The van der Waals surface area contributed by atoms with E-state index >= 15 is 0 Å². The first kappa shape index (κ1) is 10.6. The molecule has 1 aromatic rings. The molecule has 4 heteroatoms. The summed E-state index contributed by atoms with van der Waals surface area (Å²) >= 11 is 0. The monoisotopic (exact) mass is 233 g/mol. The maximum atomic E-state index is 12.2. The van der Waals surface area contributed by atoms with Crippen molar-refractivity contribution in [2.45, 2.75) is 44.6 Å². The SMILES string of the molecule is O=C(O)Cc1cc2c(n(C3CC3)c1=O)CCC2. The molecule has 2 aliphatic carbocycles. The van der Waals surface area contributed by atoms with Gasteiger partial charge in [-0.25, -0.2) is 0 Å². The minimum absolute atomic E-state index is 0.0736. The van der Waals surface area contributed by atoms with Gasteiger partial charge in [0.1, 0.15) is 0 Å². The summed E-state index contributed by atoms with van der Waals surface area (Å²) in [7, 11) is 0. The topological polar surface area (TPSA) is 59.3 Å². The zero-order valence-electron chi connectivity index (χ0n) is 9.61. The lowest BCUT2D eigenvalue weighted by Gasteiger charge is -2.13. The zero-order valence-corrected chi connectivity index (χ0v) is 9.61. The highest BCUT2D eigenvalue weighted by molar-refractivity contribution is 5.70. The van der Waals surface area contributed by atoms with Gasteiger partial charge in [-0.3, -0.25) is 9.59 Å². The van der Waals surface area contributed by atoms with E-state index in [2.05, 4.69) is 0 Å². The van der Waals surface area contributed by atoms with Gasteiger partial charge in [-0.15, -0.1) is 0 Å². The highest BCUT2D eigenvalue weighted by Gasteiger charge is 2.30. The van der Waals surface area contributed by atoms with E-state index in [4.69, 9.17) is 5.11 Å². The van der Waals surface area contributed by atoms with E-state index in [-0.39, 0.29) is 12.0 Å².